The molecule has 0 spiro atoms. The topological polar surface area (TPSA) is 72.6 Å². The number of nitrogens with zero attached hydrogens (tertiary/aromatic N) is 1. The van der Waals surface area contributed by atoms with E-state index in [1.807, 2.05) is 17.0 Å². The van der Waals surface area contributed by atoms with Gasteiger partial charge in [-0.05, 0) is 43.6 Å². The third kappa shape index (κ3) is 5.59. The van der Waals surface area contributed by atoms with Crippen LogP contribution in [0.5, 0.6) is 0 Å². The summed E-state index contributed by atoms with van der Waals surface area (Å²) in [6.07, 6.45) is 3.89. The number of piperidine rings is 1. The van der Waals surface area contributed by atoms with Gasteiger partial charge in [-0.2, -0.15) is 0 Å². The maximum Gasteiger partial charge on any atom is 0.230 e. The van der Waals surface area contributed by atoms with Crippen LogP contribution in [0.3, 0.4) is 0 Å². The Morgan fingerprint density at radius 3 is 2.24 bits per heavy atom. The van der Waals surface area contributed by atoms with Crippen LogP contribution in [0.4, 0.5) is 0 Å². The summed E-state index contributed by atoms with van der Waals surface area (Å²) in [5, 5.41) is 0. The molecular weight excluding hydrogens is 388 g/mol. The van der Waals surface area contributed by atoms with Crippen LogP contribution < -0.4 is 5.73 Å². The average Bonchev–Trinajstić information content (AvgIpc) is 2.73. The first kappa shape index (κ1) is 23.8. The third-order valence-electron chi connectivity index (χ3n) is 6.33. The maximum absolute atomic E-state index is 13.1. The summed E-state index contributed by atoms with van der Waals surface area (Å²) in [5.41, 5.74) is 7.58. The lowest BCUT2D eigenvalue weighted by Gasteiger charge is -2.41. The van der Waals surface area contributed by atoms with Crippen molar-refractivity contribution in [2.75, 3.05) is 32.8 Å². The Balaban J connectivity index is 0.00000300. The summed E-state index contributed by atoms with van der Waals surface area (Å²) in [4.78, 5) is 27.9. The standard InChI is InChI=1S/C23H34N2O3.ClH/c1-17(2)15-18-3-5-19(6-4-18)21(26)20-7-11-25(12-8-20)22(27)23(16-24)9-13-28-14-10-23;/h3-6,17,20H,7-16,24H2,1-2H3;1H. The summed E-state index contributed by atoms with van der Waals surface area (Å²) >= 11 is 0. The van der Waals surface area contributed by atoms with Crippen molar-refractivity contribution in [3.05, 3.63) is 35.4 Å². The molecule has 2 heterocycles. The van der Waals surface area contributed by atoms with Crippen molar-refractivity contribution in [3.8, 4) is 0 Å². The van der Waals surface area contributed by atoms with Gasteiger partial charge in [0, 0.05) is 44.3 Å². The van der Waals surface area contributed by atoms with Crippen molar-refractivity contribution in [1.29, 1.82) is 0 Å². The van der Waals surface area contributed by atoms with Crippen molar-refractivity contribution >= 4 is 24.1 Å². The highest BCUT2D eigenvalue weighted by atomic mass is 35.5. The Kier molecular flexibility index (Phi) is 8.68. The molecule has 5 nitrogen and oxygen atoms in total. The number of Topliss-reactive ketones (excluding diaryl/α,β-unsaturated/α-hetero) is 1. The molecule has 29 heavy (non-hydrogen) atoms. The summed E-state index contributed by atoms with van der Waals surface area (Å²) in [7, 11) is 0. The second kappa shape index (κ2) is 10.6. The fourth-order valence-electron chi connectivity index (χ4n) is 4.46. The van der Waals surface area contributed by atoms with Gasteiger partial charge in [0.2, 0.25) is 5.91 Å². The predicted octanol–water partition coefficient (Wildman–Crippen LogP) is 3.48. The SMILES string of the molecule is CC(C)Cc1ccc(C(=O)C2CCN(C(=O)C3(CN)CCOCC3)CC2)cc1.Cl. The molecule has 0 bridgehead atoms. The normalized spacial score (nSPS) is 19.7. The number of rotatable bonds is 6. The van der Waals surface area contributed by atoms with Crippen LogP contribution in [-0.2, 0) is 16.0 Å². The zero-order valence-electron chi connectivity index (χ0n) is 17.7. The van der Waals surface area contributed by atoms with Crippen molar-refractivity contribution in [2.24, 2.45) is 23.0 Å². The number of ether oxygens (including phenoxy) is 1. The Hall–Kier alpha value is -1.43. The van der Waals surface area contributed by atoms with Gasteiger partial charge in [-0.1, -0.05) is 38.1 Å². The minimum absolute atomic E-state index is 0. The first-order valence-electron chi connectivity index (χ1n) is 10.7. The van der Waals surface area contributed by atoms with Gasteiger partial charge in [0.1, 0.15) is 0 Å². The van der Waals surface area contributed by atoms with E-state index in [4.69, 9.17) is 10.5 Å². The van der Waals surface area contributed by atoms with Crippen LogP contribution in [0, 0.1) is 17.3 Å². The van der Waals surface area contributed by atoms with Gasteiger partial charge in [-0.15, -0.1) is 12.4 Å². The highest BCUT2D eigenvalue weighted by Gasteiger charge is 2.42. The minimum Gasteiger partial charge on any atom is -0.381 e. The molecule has 0 saturated carbocycles. The summed E-state index contributed by atoms with van der Waals surface area (Å²) in [6, 6.07) is 8.07. The highest BCUT2D eigenvalue weighted by Crippen LogP contribution is 2.33. The molecular formula is C23H35ClN2O3. The number of carbonyl (C=O) groups excluding carboxylic acids is 2. The van der Waals surface area contributed by atoms with E-state index in [2.05, 4.69) is 26.0 Å². The Bertz CT molecular complexity index is 676. The van der Waals surface area contributed by atoms with Crippen LogP contribution in [0.2, 0.25) is 0 Å². The van der Waals surface area contributed by atoms with Crippen LogP contribution in [0.15, 0.2) is 24.3 Å². The lowest BCUT2D eigenvalue weighted by Crippen LogP contribution is -2.53. The number of halogens is 1. The van der Waals surface area contributed by atoms with Crippen molar-refractivity contribution in [1.82, 2.24) is 4.90 Å². The smallest absolute Gasteiger partial charge is 0.230 e. The van der Waals surface area contributed by atoms with E-state index in [0.29, 0.717) is 51.6 Å². The molecule has 3 rings (SSSR count). The molecule has 1 aromatic rings. The van der Waals surface area contributed by atoms with Gasteiger partial charge >= 0.3 is 0 Å². The zero-order valence-corrected chi connectivity index (χ0v) is 18.5. The summed E-state index contributed by atoms with van der Waals surface area (Å²) in [5.74, 6) is 0.976. The summed E-state index contributed by atoms with van der Waals surface area (Å²) < 4.78 is 5.42. The molecule has 2 aliphatic rings. The Morgan fingerprint density at radius 2 is 1.72 bits per heavy atom. The lowest BCUT2D eigenvalue weighted by atomic mass is 9.78. The molecule has 2 N–H and O–H groups in total. The predicted molar refractivity (Wildman–Crippen MR) is 117 cm³/mol. The number of hydrogen-bond acceptors (Lipinski definition) is 4. The van der Waals surface area contributed by atoms with Crippen LogP contribution in [-0.4, -0.2) is 49.4 Å². The molecule has 0 atom stereocenters. The molecule has 1 amide bonds. The van der Waals surface area contributed by atoms with Crippen LogP contribution in [0.25, 0.3) is 0 Å². The largest absolute Gasteiger partial charge is 0.381 e. The number of benzene rings is 1. The minimum atomic E-state index is -0.471. The van der Waals surface area contributed by atoms with Crippen molar-refractivity contribution < 1.29 is 14.3 Å². The second-order valence-electron chi connectivity index (χ2n) is 8.82. The third-order valence-corrected chi connectivity index (χ3v) is 6.33. The molecule has 2 fully saturated rings. The van der Waals surface area contributed by atoms with Crippen molar-refractivity contribution in [3.63, 3.8) is 0 Å². The maximum atomic E-state index is 13.1. The molecule has 0 aromatic heterocycles. The molecule has 0 unspecified atom stereocenters. The Morgan fingerprint density at radius 1 is 1.14 bits per heavy atom. The first-order valence-corrected chi connectivity index (χ1v) is 10.7. The number of ketones is 1. The average molecular weight is 423 g/mol. The van der Waals surface area contributed by atoms with E-state index in [-0.39, 0.29) is 30.0 Å². The Labute approximate surface area is 180 Å². The number of hydrogen-bond donors (Lipinski definition) is 1. The van der Waals surface area contributed by atoms with E-state index >= 15 is 0 Å². The van der Waals surface area contributed by atoms with Crippen LogP contribution >= 0.6 is 12.4 Å². The quantitative estimate of drug-likeness (QED) is 0.712. The first-order chi connectivity index (χ1) is 13.4. The fraction of sp³-hybridized carbons (Fsp3) is 0.652. The van der Waals surface area contributed by atoms with E-state index in [1.165, 1.54) is 5.56 Å². The monoisotopic (exact) mass is 422 g/mol. The highest BCUT2D eigenvalue weighted by molar-refractivity contribution is 5.98. The second-order valence-corrected chi connectivity index (χ2v) is 8.82. The van der Waals surface area contributed by atoms with E-state index in [9.17, 15) is 9.59 Å². The van der Waals surface area contributed by atoms with E-state index in [0.717, 1.165) is 24.8 Å². The van der Waals surface area contributed by atoms with Gasteiger partial charge in [-0.25, -0.2) is 0 Å². The zero-order chi connectivity index (χ0) is 20.1. The number of nitrogens with two attached hydrogens (primary N) is 1. The molecule has 0 aliphatic carbocycles. The molecule has 2 saturated heterocycles. The molecule has 2 aliphatic heterocycles. The van der Waals surface area contributed by atoms with E-state index < -0.39 is 5.41 Å². The fourth-order valence-corrected chi connectivity index (χ4v) is 4.46. The van der Waals surface area contributed by atoms with Gasteiger partial charge < -0.3 is 15.4 Å². The molecule has 1 aromatic carbocycles. The molecule has 0 radical (unpaired) electrons. The van der Waals surface area contributed by atoms with E-state index in [1.54, 1.807) is 0 Å². The van der Waals surface area contributed by atoms with Crippen LogP contribution in [0.1, 0.15) is 55.5 Å². The van der Waals surface area contributed by atoms with Gasteiger partial charge in [-0.3, -0.25) is 9.59 Å². The number of amides is 1. The summed E-state index contributed by atoms with van der Waals surface area (Å²) in [6.45, 7) is 7.26. The van der Waals surface area contributed by atoms with Gasteiger partial charge in [0.25, 0.3) is 0 Å². The number of carbonyl (C=O) groups is 2. The number of likely N-dealkylation sites (tertiary alicyclic amines) is 1. The molecule has 162 valence electrons. The van der Waals surface area contributed by atoms with Gasteiger partial charge in [0.15, 0.2) is 5.78 Å². The lowest BCUT2D eigenvalue weighted by molar-refractivity contribution is -0.148. The molecule has 6 heteroatoms. The van der Waals surface area contributed by atoms with Gasteiger partial charge in [0.05, 0.1) is 5.41 Å². The van der Waals surface area contributed by atoms with Crippen molar-refractivity contribution in [2.45, 2.75) is 46.0 Å².